The number of rotatable bonds is 7. The van der Waals surface area contributed by atoms with E-state index in [0.717, 1.165) is 0 Å². The van der Waals surface area contributed by atoms with Crippen LogP contribution in [0, 0.1) is 0 Å². The van der Waals surface area contributed by atoms with Crippen LogP contribution < -0.4 is 0 Å². The van der Waals surface area contributed by atoms with Crippen molar-refractivity contribution in [3.63, 3.8) is 0 Å². The lowest BCUT2D eigenvalue weighted by Crippen LogP contribution is -2.22. The Morgan fingerprint density at radius 2 is 2.00 bits per heavy atom. The van der Waals surface area contributed by atoms with Gasteiger partial charge in [0.25, 0.3) is 0 Å². The van der Waals surface area contributed by atoms with Gasteiger partial charge in [-0.15, -0.1) is 0 Å². The molecule has 0 aliphatic carbocycles. The Kier molecular flexibility index (Phi) is 14.2. The summed E-state index contributed by atoms with van der Waals surface area (Å²) in [6.45, 7) is 7.44. The fourth-order valence-corrected chi connectivity index (χ4v) is 0.557. The summed E-state index contributed by atoms with van der Waals surface area (Å²) in [5, 5.41) is 25.1. The number of carbonyl (C=O) groups is 1. The molecule has 0 aliphatic rings. The quantitative estimate of drug-likeness (QED) is 0.319. The molecule has 0 radical (unpaired) electrons. The molecule has 0 fully saturated rings. The van der Waals surface area contributed by atoms with E-state index in [-0.39, 0.29) is 18.8 Å². The molecule has 0 amide bonds. The number of ether oxygens (including phenoxy) is 2. The van der Waals surface area contributed by atoms with E-state index in [1.54, 1.807) is 0 Å². The number of esters is 1. The molecule has 0 heterocycles. The van der Waals surface area contributed by atoms with Gasteiger partial charge in [0.1, 0.15) is 12.7 Å². The molecule has 17 heavy (non-hydrogen) atoms. The van der Waals surface area contributed by atoms with E-state index < -0.39 is 18.7 Å². The van der Waals surface area contributed by atoms with Crippen molar-refractivity contribution in [2.24, 2.45) is 0 Å². The van der Waals surface area contributed by atoms with Crippen LogP contribution in [0.3, 0.4) is 0 Å². The van der Waals surface area contributed by atoms with Crippen molar-refractivity contribution in [3.8, 4) is 0 Å². The fourth-order valence-electron chi connectivity index (χ4n) is 0.557. The van der Waals surface area contributed by atoms with Crippen molar-refractivity contribution in [3.05, 3.63) is 12.2 Å². The van der Waals surface area contributed by atoms with Gasteiger partial charge in [0.05, 0.1) is 19.8 Å². The van der Waals surface area contributed by atoms with Crippen molar-refractivity contribution >= 4 is 5.97 Å². The smallest absolute Gasteiger partial charge is 0.333 e. The normalized spacial score (nSPS) is 11.1. The monoisotopic (exact) mass is 250 g/mol. The van der Waals surface area contributed by atoms with E-state index in [0.29, 0.717) is 13.2 Å². The second kappa shape index (κ2) is 13.1. The summed E-state index contributed by atoms with van der Waals surface area (Å²) in [7, 11) is 0. The van der Waals surface area contributed by atoms with Crippen LogP contribution in [0.4, 0.5) is 0 Å². The van der Waals surface area contributed by atoms with E-state index in [1.165, 1.54) is 6.92 Å². The first-order valence-electron chi connectivity index (χ1n) is 5.29. The average Bonchev–Trinajstić information content (AvgIpc) is 2.33. The second-order valence-corrected chi connectivity index (χ2v) is 3.14. The number of aliphatic hydroxyl groups is 3. The summed E-state index contributed by atoms with van der Waals surface area (Å²) < 4.78 is 9.24. The van der Waals surface area contributed by atoms with E-state index in [2.05, 4.69) is 11.3 Å². The number of carbonyl (C=O) groups excluding carboxylic acids is 1. The van der Waals surface area contributed by atoms with Crippen molar-refractivity contribution in [1.29, 1.82) is 0 Å². The average molecular weight is 250 g/mol. The van der Waals surface area contributed by atoms with Gasteiger partial charge in [-0.2, -0.15) is 0 Å². The van der Waals surface area contributed by atoms with Gasteiger partial charge in [0.2, 0.25) is 0 Å². The number of hydrogen-bond acceptors (Lipinski definition) is 6. The van der Waals surface area contributed by atoms with Crippen molar-refractivity contribution in [2.75, 3.05) is 33.0 Å². The van der Waals surface area contributed by atoms with Gasteiger partial charge < -0.3 is 24.8 Å². The van der Waals surface area contributed by atoms with Crippen LogP contribution in [0.5, 0.6) is 0 Å². The molecule has 0 aliphatic heterocycles. The molecule has 0 aromatic rings. The summed E-state index contributed by atoms with van der Waals surface area (Å²) in [5.74, 6) is -0.558. The van der Waals surface area contributed by atoms with Crippen LogP contribution in [-0.4, -0.2) is 60.4 Å². The first-order chi connectivity index (χ1) is 7.99. The summed E-state index contributed by atoms with van der Waals surface area (Å²) in [6.07, 6.45) is -1.00. The van der Waals surface area contributed by atoms with Gasteiger partial charge in [-0.1, -0.05) is 6.58 Å². The Morgan fingerprint density at radius 3 is 2.29 bits per heavy atom. The van der Waals surface area contributed by atoms with Gasteiger partial charge in [-0.25, -0.2) is 4.79 Å². The predicted octanol–water partition coefficient (Wildman–Crippen LogP) is -0.526. The molecule has 3 N–H and O–H groups in total. The maximum absolute atomic E-state index is 10.6. The lowest BCUT2D eigenvalue weighted by atomic mass is 10.3. The van der Waals surface area contributed by atoms with E-state index >= 15 is 0 Å². The zero-order valence-electron chi connectivity index (χ0n) is 10.4. The maximum atomic E-state index is 10.6. The van der Waals surface area contributed by atoms with Crippen LogP contribution in [0.25, 0.3) is 0 Å². The highest BCUT2D eigenvalue weighted by Gasteiger charge is 2.07. The molecular weight excluding hydrogens is 228 g/mol. The summed E-state index contributed by atoms with van der Waals surface area (Å²) in [4.78, 5) is 10.6. The van der Waals surface area contributed by atoms with Crippen LogP contribution in [0.2, 0.25) is 0 Å². The topological polar surface area (TPSA) is 96.2 Å². The predicted molar refractivity (Wildman–Crippen MR) is 62.4 cm³/mol. The standard InChI is InChI=1S/C7H12O4.C4H10O2/c1-5(2)7(10)11-4-6(9)3-8;1-2-6-4-3-5/h6,8-9H,1,3-4H2,2H3;5H,2-4H2,1H3. The zero-order chi connectivity index (χ0) is 13.7. The first-order valence-corrected chi connectivity index (χ1v) is 5.29. The molecule has 0 aromatic carbocycles. The van der Waals surface area contributed by atoms with Gasteiger partial charge in [-0.3, -0.25) is 0 Å². The lowest BCUT2D eigenvalue weighted by Gasteiger charge is -2.07. The molecule has 0 aromatic heterocycles. The molecule has 0 rings (SSSR count). The minimum Gasteiger partial charge on any atom is -0.460 e. The Hall–Kier alpha value is -0.950. The van der Waals surface area contributed by atoms with E-state index in [4.69, 9.17) is 20.1 Å². The van der Waals surface area contributed by atoms with Crippen molar-refractivity contribution < 1.29 is 29.6 Å². The fraction of sp³-hybridized carbons (Fsp3) is 0.727. The molecular formula is C11H22O6. The van der Waals surface area contributed by atoms with Crippen LogP contribution in [0.15, 0.2) is 12.2 Å². The van der Waals surface area contributed by atoms with Crippen molar-refractivity contribution in [1.82, 2.24) is 0 Å². The Labute approximate surface area is 101 Å². The molecule has 1 atom stereocenters. The highest BCUT2D eigenvalue weighted by molar-refractivity contribution is 5.86. The Bertz CT molecular complexity index is 200. The largest absolute Gasteiger partial charge is 0.460 e. The Morgan fingerprint density at radius 1 is 1.41 bits per heavy atom. The third kappa shape index (κ3) is 15.1. The summed E-state index contributed by atoms with van der Waals surface area (Å²) in [6, 6.07) is 0. The highest BCUT2D eigenvalue weighted by atomic mass is 16.5. The van der Waals surface area contributed by atoms with Crippen LogP contribution in [0.1, 0.15) is 13.8 Å². The van der Waals surface area contributed by atoms with E-state index in [9.17, 15) is 4.79 Å². The number of hydrogen-bond donors (Lipinski definition) is 3. The van der Waals surface area contributed by atoms with Crippen LogP contribution >= 0.6 is 0 Å². The third-order valence-corrected chi connectivity index (χ3v) is 1.41. The first kappa shape index (κ1) is 18.4. The van der Waals surface area contributed by atoms with Gasteiger partial charge >= 0.3 is 5.97 Å². The lowest BCUT2D eigenvalue weighted by molar-refractivity contribution is -0.142. The van der Waals surface area contributed by atoms with E-state index in [1.807, 2.05) is 6.92 Å². The SMILES string of the molecule is C=C(C)C(=O)OCC(O)CO.CCOCCO. The summed E-state index contributed by atoms with van der Waals surface area (Å²) in [5.41, 5.74) is 0.273. The molecule has 0 saturated carbocycles. The van der Waals surface area contributed by atoms with Gasteiger partial charge in [0, 0.05) is 12.2 Å². The minimum absolute atomic E-state index is 0.133. The molecule has 0 saturated heterocycles. The zero-order valence-corrected chi connectivity index (χ0v) is 10.4. The second-order valence-electron chi connectivity index (χ2n) is 3.14. The van der Waals surface area contributed by atoms with Gasteiger partial charge in [0.15, 0.2) is 0 Å². The molecule has 6 heteroatoms. The molecule has 0 spiro atoms. The highest BCUT2D eigenvalue weighted by Crippen LogP contribution is 1.93. The van der Waals surface area contributed by atoms with Gasteiger partial charge in [-0.05, 0) is 13.8 Å². The molecule has 1 unspecified atom stereocenters. The molecule has 6 nitrogen and oxygen atoms in total. The number of aliphatic hydroxyl groups excluding tert-OH is 3. The third-order valence-electron chi connectivity index (χ3n) is 1.41. The molecule has 0 bridgehead atoms. The van der Waals surface area contributed by atoms with Crippen molar-refractivity contribution in [2.45, 2.75) is 20.0 Å². The molecule has 102 valence electrons. The Balaban J connectivity index is 0. The maximum Gasteiger partial charge on any atom is 0.333 e. The summed E-state index contributed by atoms with van der Waals surface area (Å²) >= 11 is 0. The van der Waals surface area contributed by atoms with Crippen LogP contribution in [-0.2, 0) is 14.3 Å². The minimum atomic E-state index is -1.00.